The van der Waals surface area contributed by atoms with Crippen molar-refractivity contribution in [2.75, 3.05) is 30.4 Å². The highest BCUT2D eigenvalue weighted by Gasteiger charge is 2.25. The molecule has 2 heterocycles. The fourth-order valence-electron chi connectivity index (χ4n) is 3.22. The number of rotatable bonds is 4. The molecule has 5 heteroatoms. The summed E-state index contributed by atoms with van der Waals surface area (Å²) in [5, 5.41) is 3.14. The van der Waals surface area contributed by atoms with Crippen molar-refractivity contribution in [3.8, 4) is 0 Å². The summed E-state index contributed by atoms with van der Waals surface area (Å²) in [5.74, 6) is 3.45. The Morgan fingerprint density at radius 2 is 1.87 bits per heavy atom. The van der Waals surface area contributed by atoms with Gasteiger partial charge in [0.05, 0.1) is 7.05 Å². The van der Waals surface area contributed by atoms with Gasteiger partial charge in [-0.1, -0.05) is 40.3 Å². The SMILES string of the molecule is CNc1nc(N2CCC(Cc3ccccc3)CC2)nc(C)[n+]1C. The van der Waals surface area contributed by atoms with E-state index < -0.39 is 0 Å². The van der Waals surface area contributed by atoms with E-state index in [4.69, 9.17) is 0 Å². The van der Waals surface area contributed by atoms with Crippen molar-refractivity contribution in [2.24, 2.45) is 13.0 Å². The first-order valence-electron chi connectivity index (χ1n) is 8.38. The summed E-state index contributed by atoms with van der Waals surface area (Å²) in [6.45, 7) is 4.09. The molecule has 1 aromatic heterocycles. The van der Waals surface area contributed by atoms with E-state index in [1.54, 1.807) is 0 Å². The normalized spacial score (nSPS) is 15.7. The van der Waals surface area contributed by atoms with Crippen LogP contribution >= 0.6 is 0 Å². The molecular formula is C18H26N5+. The Morgan fingerprint density at radius 1 is 1.17 bits per heavy atom. The summed E-state index contributed by atoms with van der Waals surface area (Å²) in [6, 6.07) is 10.8. The highest BCUT2D eigenvalue weighted by molar-refractivity contribution is 5.34. The van der Waals surface area contributed by atoms with Gasteiger partial charge in [0, 0.05) is 27.1 Å². The number of benzene rings is 1. The largest absolute Gasteiger partial charge is 0.351 e. The van der Waals surface area contributed by atoms with Gasteiger partial charge in [0.25, 0.3) is 0 Å². The Kier molecular flexibility index (Phi) is 4.74. The van der Waals surface area contributed by atoms with Crippen LogP contribution in [0.3, 0.4) is 0 Å². The van der Waals surface area contributed by atoms with Gasteiger partial charge in [0.2, 0.25) is 5.82 Å². The van der Waals surface area contributed by atoms with Crippen LogP contribution in [0.25, 0.3) is 0 Å². The lowest BCUT2D eigenvalue weighted by Crippen LogP contribution is -2.41. The quantitative estimate of drug-likeness (QED) is 0.878. The Labute approximate surface area is 138 Å². The third kappa shape index (κ3) is 3.60. The Bertz CT molecular complexity index is 648. The highest BCUT2D eigenvalue weighted by Crippen LogP contribution is 2.24. The third-order valence-corrected chi connectivity index (χ3v) is 4.76. The molecule has 1 fully saturated rings. The van der Waals surface area contributed by atoms with E-state index in [1.165, 1.54) is 24.8 Å². The number of anilines is 2. The summed E-state index contributed by atoms with van der Waals surface area (Å²) in [5.41, 5.74) is 1.45. The highest BCUT2D eigenvalue weighted by atomic mass is 15.3. The molecule has 122 valence electrons. The van der Waals surface area contributed by atoms with Gasteiger partial charge in [-0.25, -0.2) is 4.57 Å². The smallest absolute Gasteiger partial charge is 0.320 e. The molecule has 23 heavy (non-hydrogen) atoms. The van der Waals surface area contributed by atoms with Gasteiger partial charge in [0.15, 0.2) is 0 Å². The van der Waals surface area contributed by atoms with Crippen LogP contribution < -0.4 is 14.8 Å². The van der Waals surface area contributed by atoms with Crippen LogP contribution in [0.4, 0.5) is 11.9 Å². The molecule has 0 unspecified atom stereocenters. The molecule has 3 rings (SSSR count). The lowest BCUT2D eigenvalue weighted by molar-refractivity contribution is -0.669. The molecule has 0 spiro atoms. The zero-order valence-electron chi connectivity index (χ0n) is 14.3. The average Bonchev–Trinajstić information content (AvgIpc) is 2.59. The van der Waals surface area contributed by atoms with E-state index >= 15 is 0 Å². The molecule has 2 aromatic rings. The van der Waals surface area contributed by atoms with Crippen molar-refractivity contribution in [1.82, 2.24) is 9.97 Å². The molecule has 0 bridgehead atoms. The summed E-state index contributed by atoms with van der Waals surface area (Å²) in [4.78, 5) is 11.6. The second-order valence-electron chi connectivity index (χ2n) is 6.32. The van der Waals surface area contributed by atoms with E-state index in [-0.39, 0.29) is 0 Å². The van der Waals surface area contributed by atoms with Crippen LogP contribution in [-0.2, 0) is 13.5 Å². The van der Waals surface area contributed by atoms with Gasteiger partial charge in [-0.05, 0) is 30.7 Å². The minimum Gasteiger partial charge on any atom is -0.320 e. The van der Waals surface area contributed by atoms with Gasteiger partial charge < -0.3 is 4.90 Å². The third-order valence-electron chi connectivity index (χ3n) is 4.76. The van der Waals surface area contributed by atoms with Gasteiger partial charge in [-0.2, -0.15) is 0 Å². The second kappa shape index (κ2) is 6.94. The Balaban J connectivity index is 1.64. The molecule has 0 atom stereocenters. The van der Waals surface area contributed by atoms with Gasteiger partial charge in [-0.3, -0.25) is 5.32 Å². The predicted molar refractivity (Wildman–Crippen MR) is 92.6 cm³/mol. The van der Waals surface area contributed by atoms with Crippen molar-refractivity contribution in [2.45, 2.75) is 26.2 Å². The van der Waals surface area contributed by atoms with Crippen molar-refractivity contribution in [1.29, 1.82) is 0 Å². The molecule has 0 amide bonds. The molecule has 5 nitrogen and oxygen atoms in total. The van der Waals surface area contributed by atoms with E-state index in [1.807, 2.05) is 25.6 Å². The molecule has 0 saturated carbocycles. The van der Waals surface area contributed by atoms with Crippen molar-refractivity contribution >= 4 is 11.9 Å². The maximum absolute atomic E-state index is 4.65. The van der Waals surface area contributed by atoms with Crippen LogP contribution in [0.15, 0.2) is 30.3 Å². The first-order chi connectivity index (χ1) is 11.2. The molecule has 1 aliphatic heterocycles. The summed E-state index contributed by atoms with van der Waals surface area (Å²) in [7, 11) is 3.88. The van der Waals surface area contributed by atoms with Crippen LogP contribution in [0.1, 0.15) is 24.2 Å². The first kappa shape index (κ1) is 15.7. The Morgan fingerprint density at radius 3 is 2.52 bits per heavy atom. The minimum atomic E-state index is 0.762. The van der Waals surface area contributed by atoms with E-state index in [9.17, 15) is 0 Å². The zero-order valence-corrected chi connectivity index (χ0v) is 14.3. The molecule has 0 radical (unpaired) electrons. The molecular weight excluding hydrogens is 286 g/mol. The molecule has 1 saturated heterocycles. The summed E-state index contributed by atoms with van der Waals surface area (Å²) < 4.78 is 1.98. The van der Waals surface area contributed by atoms with E-state index in [0.717, 1.165) is 36.7 Å². The van der Waals surface area contributed by atoms with Crippen LogP contribution in [0, 0.1) is 12.8 Å². The van der Waals surface area contributed by atoms with E-state index in [0.29, 0.717) is 0 Å². The van der Waals surface area contributed by atoms with Crippen molar-refractivity contribution in [3.63, 3.8) is 0 Å². The topological polar surface area (TPSA) is 44.9 Å². The molecule has 1 aliphatic rings. The van der Waals surface area contributed by atoms with Crippen molar-refractivity contribution < 1.29 is 4.57 Å². The monoisotopic (exact) mass is 312 g/mol. The number of piperidine rings is 1. The van der Waals surface area contributed by atoms with Gasteiger partial charge in [-0.15, -0.1) is 0 Å². The maximum Gasteiger partial charge on any atom is 0.351 e. The lowest BCUT2D eigenvalue weighted by atomic mass is 9.90. The lowest BCUT2D eigenvalue weighted by Gasteiger charge is -2.30. The minimum absolute atomic E-state index is 0.762. The van der Waals surface area contributed by atoms with Crippen LogP contribution in [0.5, 0.6) is 0 Å². The predicted octanol–water partition coefficient (Wildman–Crippen LogP) is 2.11. The standard InChI is InChI=1S/C18H25N5/c1-14-20-18(21-17(19-2)22(14)3)23-11-9-16(10-12-23)13-15-7-5-4-6-8-15/h4-8,16H,9-13H2,1-3H3/p+1. The molecule has 1 aromatic carbocycles. The number of hydrogen-bond acceptors (Lipinski definition) is 4. The summed E-state index contributed by atoms with van der Waals surface area (Å²) in [6.07, 6.45) is 3.58. The second-order valence-corrected chi connectivity index (χ2v) is 6.32. The number of aromatic nitrogens is 3. The first-order valence-corrected chi connectivity index (χ1v) is 8.38. The number of hydrogen-bond donors (Lipinski definition) is 1. The number of nitrogens with one attached hydrogen (secondary N) is 1. The number of nitrogens with zero attached hydrogens (tertiary/aromatic N) is 4. The maximum atomic E-state index is 4.65. The van der Waals surface area contributed by atoms with Gasteiger partial charge >= 0.3 is 11.9 Å². The fourth-order valence-corrected chi connectivity index (χ4v) is 3.22. The summed E-state index contributed by atoms with van der Waals surface area (Å²) >= 11 is 0. The van der Waals surface area contributed by atoms with Crippen molar-refractivity contribution in [3.05, 3.63) is 41.7 Å². The van der Waals surface area contributed by atoms with Gasteiger partial charge in [0.1, 0.15) is 0 Å². The fraction of sp³-hybridized carbons (Fsp3) is 0.500. The number of aryl methyl sites for hydroxylation is 1. The zero-order chi connectivity index (χ0) is 16.2. The van der Waals surface area contributed by atoms with Crippen LogP contribution in [0.2, 0.25) is 0 Å². The molecule has 0 aliphatic carbocycles. The molecule has 1 N–H and O–H groups in total. The average molecular weight is 312 g/mol. The van der Waals surface area contributed by atoms with E-state index in [2.05, 4.69) is 50.5 Å². The Hall–Kier alpha value is -2.17. The van der Waals surface area contributed by atoms with Crippen LogP contribution in [-0.4, -0.2) is 30.1 Å².